The van der Waals surface area contributed by atoms with E-state index in [0.29, 0.717) is 17.0 Å². The molecule has 2 heterocycles. The molecule has 0 atom stereocenters. The molecule has 0 fully saturated rings. The average molecular weight is 490 g/mol. The molecule has 9 heteroatoms. The van der Waals surface area contributed by atoms with Gasteiger partial charge in [-0.3, -0.25) is 9.78 Å². The van der Waals surface area contributed by atoms with Crippen LogP contribution in [0.4, 0.5) is 13.2 Å². The minimum atomic E-state index is -4.41. The molecule has 4 rings (SSSR count). The third kappa shape index (κ3) is 4.77. The number of benzene rings is 2. The van der Waals surface area contributed by atoms with Crippen molar-refractivity contribution in [3.8, 4) is 17.0 Å². The zero-order valence-corrected chi connectivity index (χ0v) is 17.5. The topological polar surface area (TPSA) is 57.0 Å². The molecule has 5 nitrogen and oxygen atoms in total. The average Bonchev–Trinajstić information content (AvgIpc) is 2.74. The summed E-state index contributed by atoms with van der Waals surface area (Å²) in [4.78, 5) is 16.5. The summed E-state index contributed by atoms with van der Waals surface area (Å²) in [6, 6.07) is 14.8. The van der Waals surface area contributed by atoms with E-state index in [2.05, 4.69) is 26.0 Å². The number of rotatable bonds is 5. The highest BCUT2D eigenvalue weighted by Crippen LogP contribution is 2.30. The van der Waals surface area contributed by atoms with Crippen molar-refractivity contribution in [3.05, 3.63) is 87.3 Å². The van der Waals surface area contributed by atoms with E-state index in [1.54, 1.807) is 12.3 Å². The Labute approximate surface area is 183 Å². The highest BCUT2D eigenvalue weighted by atomic mass is 79.9. The van der Waals surface area contributed by atoms with E-state index in [1.165, 1.54) is 28.9 Å². The largest absolute Gasteiger partial charge is 0.491 e. The van der Waals surface area contributed by atoms with Crippen molar-refractivity contribution < 1.29 is 17.9 Å². The van der Waals surface area contributed by atoms with Gasteiger partial charge in [-0.15, -0.1) is 0 Å². The molecule has 0 radical (unpaired) electrons. The molecule has 0 spiro atoms. The first-order valence-electron chi connectivity index (χ1n) is 9.24. The maximum Gasteiger partial charge on any atom is 0.416 e. The predicted molar refractivity (Wildman–Crippen MR) is 114 cm³/mol. The summed E-state index contributed by atoms with van der Waals surface area (Å²) in [6.07, 6.45) is -2.77. The number of hydrogen-bond donors (Lipinski definition) is 0. The number of aromatic nitrogens is 3. The highest BCUT2D eigenvalue weighted by molar-refractivity contribution is 9.10. The van der Waals surface area contributed by atoms with Crippen LogP contribution in [0.3, 0.4) is 0 Å². The van der Waals surface area contributed by atoms with Gasteiger partial charge in [0.2, 0.25) is 0 Å². The highest BCUT2D eigenvalue weighted by Gasteiger charge is 2.30. The lowest BCUT2D eigenvalue weighted by molar-refractivity contribution is -0.137. The third-order valence-electron chi connectivity index (χ3n) is 4.60. The molecule has 0 amide bonds. The van der Waals surface area contributed by atoms with Gasteiger partial charge in [-0.1, -0.05) is 28.1 Å². The van der Waals surface area contributed by atoms with E-state index in [-0.39, 0.29) is 18.7 Å². The normalized spacial score (nSPS) is 11.6. The molecule has 0 bridgehead atoms. The minimum absolute atomic E-state index is 0.174. The second-order valence-corrected chi connectivity index (χ2v) is 7.59. The molecule has 0 aliphatic rings. The lowest BCUT2D eigenvalue weighted by atomic mass is 10.1. The van der Waals surface area contributed by atoms with E-state index in [1.807, 2.05) is 18.2 Å². The molecule has 2 aromatic carbocycles. The molecule has 158 valence electrons. The van der Waals surface area contributed by atoms with Gasteiger partial charge in [0.1, 0.15) is 12.4 Å². The van der Waals surface area contributed by atoms with Gasteiger partial charge in [-0.05, 0) is 42.5 Å². The number of ether oxygens (including phenoxy) is 1. The molecule has 0 N–H and O–H groups in total. The van der Waals surface area contributed by atoms with Crippen LogP contribution in [-0.4, -0.2) is 21.4 Å². The second-order valence-electron chi connectivity index (χ2n) is 6.67. The fraction of sp³-hybridized carbons (Fsp3) is 0.136. The van der Waals surface area contributed by atoms with E-state index >= 15 is 0 Å². The van der Waals surface area contributed by atoms with E-state index in [4.69, 9.17) is 4.74 Å². The maximum absolute atomic E-state index is 12.8. The summed E-state index contributed by atoms with van der Waals surface area (Å²) in [6.45, 7) is 0.353. The van der Waals surface area contributed by atoms with Crippen LogP contribution in [0.15, 0.2) is 76.1 Å². The number of pyridine rings is 1. The lowest BCUT2D eigenvalue weighted by Gasteiger charge is -2.11. The summed E-state index contributed by atoms with van der Waals surface area (Å²) >= 11 is 3.40. The van der Waals surface area contributed by atoms with Gasteiger partial charge < -0.3 is 4.74 Å². The quantitative estimate of drug-likeness (QED) is 0.380. The van der Waals surface area contributed by atoms with Crippen molar-refractivity contribution in [2.45, 2.75) is 12.7 Å². The Balaban J connectivity index is 1.50. The van der Waals surface area contributed by atoms with Gasteiger partial charge in [-0.25, -0.2) is 4.68 Å². The van der Waals surface area contributed by atoms with Crippen LogP contribution in [0, 0.1) is 0 Å². The molecule has 0 unspecified atom stereocenters. The lowest BCUT2D eigenvalue weighted by Crippen LogP contribution is -2.25. The third-order valence-corrected chi connectivity index (χ3v) is 5.09. The van der Waals surface area contributed by atoms with Crippen molar-refractivity contribution in [1.29, 1.82) is 0 Å². The van der Waals surface area contributed by atoms with E-state index in [0.717, 1.165) is 27.5 Å². The molecular weight excluding hydrogens is 475 g/mol. The van der Waals surface area contributed by atoms with Crippen LogP contribution in [0.1, 0.15) is 5.56 Å². The van der Waals surface area contributed by atoms with E-state index in [9.17, 15) is 18.0 Å². The monoisotopic (exact) mass is 489 g/mol. The van der Waals surface area contributed by atoms with Gasteiger partial charge in [0, 0.05) is 27.7 Å². The summed E-state index contributed by atoms with van der Waals surface area (Å²) in [5.41, 5.74) is 0.574. The molecule has 0 saturated heterocycles. The number of halogens is 4. The number of fused-ring (bicyclic) bond motifs is 1. The Kier molecular flexibility index (Phi) is 5.77. The fourth-order valence-electron chi connectivity index (χ4n) is 3.06. The van der Waals surface area contributed by atoms with Crippen molar-refractivity contribution in [3.63, 3.8) is 0 Å². The smallest absolute Gasteiger partial charge is 0.416 e. The van der Waals surface area contributed by atoms with Crippen LogP contribution in [0.25, 0.3) is 22.2 Å². The number of nitrogens with zero attached hydrogens (tertiary/aromatic N) is 3. The Morgan fingerprint density at radius 2 is 1.77 bits per heavy atom. The van der Waals surface area contributed by atoms with Gasteiger partial charge in [-0.2, -0.15) is 18.3 Å². The van der Waals surface area contributed by atoms with Crippen LogP contribution < -0.4 is 10.3 Å². The van der Waals surface area contributed by atoms with Crippen molar-refractivity contribution >= 4 is 26.8 Å². The Morgan fingerprint density at radius 3 is 2.52 bits per heavy atom. The van der Waals surface area contributed by atoms with Crippen LogP contribution in [-0.2, 0) is 12.7 Å². The molecule has 0 aliphatic carbocycles. The summed E-state index contributed by atoms with van der Waals surface area (Å²) in [7, 11) is 0. The first kappa shape index (κ1) is 21.0. The van der Waals surface area contributed by atoms with Crippen LogP contribution >= 0.6 is 15.9 Å². The van der Waals surface area contributed by atoms with Gasteiger partial charge in [0.25, 0.3) is 5.56 Å². The Hall–Kier alpha value is -3.20. The zero-order valence-electron chi connectivity index (χ0n) is 15.9. The summed E-state index contributed by atoms with van der Waals surface area (Å²) in [5.74, 6) is 0.629. The van der Waals surface area contributed by atoms with Gasteiger partial charge in [0.15, 0.2) is 0 Å². The van der Waals surface area contributed by atoms with Crippen molar-refractivity contribution in [2.24, 2.45) is 0 Å². The summed E-state index contributed by atoms with van der Waals surface area (Å²) in [5, 5.41) is 5.10. The molecule has 31 heavy (non-hydrogen) atoms. The number of alkyl halides is 3. The second kappa shape index (κ2) is 8.50. The molecule has 2 aromatic heterocycles. The van der Waals surface area contributed by atoms with E-state index < -0.39 is 11.7 Å². The number of hydrogen-bond acceptors (Lipinski definition) is 4. The Morgan fingerprint density at radius 1 is 1.00 bits per heavy atom. The maximum atomic E-state index is 12.8. The fourth-order valence-corrected chi connectivity index (χ4v) is 3.40. The van der Waals surface area contributed by atoms with Gasteiger partial charge >= 0.3 is 6.18 Å². The molecule has 4 aromatic rings. The molecular formula is C22H15BrF3N3O2. The first-order chi connectivity index (χ1) is 14.8. The van der Waals surface area contributed by atoms with Crippen LogP contribution in [0.5, 0.6) is 5.75 Å². The SMILES string of the molecule is O=c1ccc(-c2ccc(C(F)(F)F)cc2)nn1CCOc1ccnc2cc(Br)ccc12. The predicted octanol–water partition coefficient (Wildman–Crippen LogP) is 5.32. The van der Waals surface area contributed by atoms with Crippen molar-refractivity contribution in [1.82, 2.24) is 14.8 Å². The van der Waals surface area contributed by atoms with Crippen LogP contribution in [0.2, 0.25) is 0 Å². The first-order valence-corrected chi connectivity index (χ1v) is 10.0. The Bertz CT molecular complexity index is 1290. The standard InChI is InChI=1S/C22H15BrF3N3O2/c23-16-5-6-17-19(13-16)27-10-9-20(17)31-12-11-29-21(30)8-7-18(28-29)14-1-3-15(4-2-14)22(24,25)26/h1-10,13H,11-12H2. The van der Waals surface area contributed by atoms with Gasteiger partial charge in [0.05, 0.1) is 23.3 Å². The molecule has 0 aliphatic heterocycles. The summed E-state index contributed by atoms with van der Waals surface area (Å²) < 4.78 is 46.2. The zero-order chi connectivity index (χ0) is 22.0. The van der Waals surface area contributed by atoms with Crippen molar-refractivity contribution in [2.75, 3.05) is 6.61 Å². The molecule has 0 saturated carbocycles. The minimum Gasteiger partial charge on any atom is -0.491 e.